The van der Waals surface area contributed by atoms with E-state index in [9.17, 15) is 13.6 Å². The first kappa shape index (κ1) is 26.2. The number of aromatic nitrogens is 2. The number of anilines is 4. The molecular weight excluding hydrogens is 534 g/mol. The van der Waals surface area contributed by atoms with Gasteiger partial charge in [-0.25, -0.2) is 18.7 Å². The molecule has 1 saturated heterocycles. The fourth-order valence-electron chi connectivity index (χ4n) is 5.35. The molecule has 1 unspecified atom stereocenters. The second kappa shape index (κ2) is 10.8. The van der Waals surface area contributed by atoms with Crippen LogP contribution >= 0.6 is 11.6 Å². The minimum Gasteiger partial charge on any atom is -0.337 e. The van der Waals surface area contributed by atoms with Crippen LogP contribution in [0.1, 0.15) is 28.8 Å². The maximum Gasteiger partial charge on any atom is 0.253 e. The topological polar surface area (TPSA) is 87.4 Å². The van der Waals surface area contributed by atoms with Crippen molar-refractivity contribution in [1.82, 2.24) is 14.9 Å². The number of likely N-dealkylation sites (tertiary alicyclic amines) is 1. The predicted octanol–water partition coefficient (Wildman–Crippen LogP) is 6.08. The summed E-state index contributed by atoms with van der Waals surface area (Å²) in [6.45, 7) is 1.59. The van der Waals surface area contributed by atoms with E-state index in [0.29, 0.717) is 65.2 Å². The number of hydrogen-bond donors (Lipinski definition) is 2. The zero-order chi connectivity index (χ0) is 27.8. The second-order valence-electron chi connectivity index (χ2n) is 10.1. The summed E-state index contributed by atoms with van der Waals surface area (Å²) in [6, 6.07) is 16.2. The Morgan fingerprint density at radius 2 is 1.82 bits per heavy atom. The average Bonchev–Trinajstić information content (AvgIpc) is 3.10. The molecule has 7 nitrogen and oxygen atoms in total. The quantitative estimate of drug-likeness (QED) is 0.315. The molecule has 0 spiro atoms. The van der Waals surface area contributed by atoms with Gasteiger partial charge in [-0.15, -0.1) is 0 Å². The number of para-hydroxylation sites is 1. The Hall–Kier alpha value is -4.08. The molecular formula is C30H27ClF2N6O. The Labute approximate surface area is 235 Å². The fraction of sp³-hybridized carbons (Fsp3) is 0.233. The molecule has 1 atom stereocenters. The van der Waals surface area contributed by atoms with Gasteiger partial charge in [0.25, 0.3) is 5.91 Å². The van der Waals surface area contributed by atoms with E-state index >= 15 is 0 Å². The Balaban J connectivity index is 1.29. The summed E-state index contributed by atoms with van der Waals surface area (Å²) in [5.74, 6) is -0.994. The number of nitrogens with two attached hydrogens (primary N) is 1. The first-order chi connectivity index (χ1) is 19.4. The van der Waals surface area contributed by atoms with Crippen LogP contribution in [-0.4, -0.2) is 46.5 Å². The first-order valence-corrected chi connectivity index (χ1v) is 13.5. The lowest BCUT2D eigenvalue weighted by Gasteiger charge is -2.30. The van der Waals surface area contributed by atoms with Gasteiger partial charge in [0, 0.05) is 53.7 Å². The van der Waals surface area contributed by atoms with Gasteiger partial charge in [-0.1, -0.05) is 17.7 Å². The molecule has 0 aliphatic carbocycles. The van der Waals surface area contributed by atoms with Crippen molar-refractivity contribution in [3.05, 3.63) is 94.6 Å². The highest BCUT2D eigenvalue weighted by Crippen LogP contribution is 2.42. The molecule has 0 bridgehead atoms. The van der Waals surface area contributed by atoms with Crippen molar-refractivity contribution in [2.24, 2.45) is 5.73 Å². The van der Waals surface area contributed by atoms with Gasteiger partial charge < -0.3 is 20.9 Å². The van der Waals surface area contributed by atoms with Crippen LogP contribution in [0.5, 0.6) is 0 Å². The Morgan fingerprint density at radius 3 is 2.58 bits per heavy atom. The van der Waals surface area contributed by atoms with E-state index in [1.165, 1.54) is 18.2 Å². The molecule has 3 N–H and O–H groups in total. The summed E-state index contributed by atoms with van der Waals surface area (Å²) in [5, 5.41) is 3.65. The van der Waals surface area contributed by atoms with Crippen LogP contribution in [0.3, 0.4) is 0 Å². The summed E-state index contributed by atoms with van der Waals surface area (Å²) >= 11 is 6.33. The minimum atomic E-state index is -0.657. The Morgan fingerprint density at radius 1 is 1.05 bits per heavy atom. The Bertz CT molecular complexity index is 1560. The molecule has 2 aliphatic heterocycles. The van der Waals surface area contributed by atoms with Gasteiger partial charge in [0.05, 0.1) is 11.4 Å². The molecule has 204 valence electrons. The lowest BCUT2D eigenvalue weighted by Crippen LogP contribution is -2.45. The molecule has 40 heavy (non-hydrogen) atoms. The number of nitrogens with one attached hydrogen (secondary N) is 1. The van der Waals surface area contributed by atoms with Crippen molar-refractivity contribution < 1.29 is 13.6 Å². The summed E-state index contributed by atoms with van der Waals surface area (Å²) in [5.41, 5.74) is 9.94. The summed E-state index contributed by atoms with van der Waals surface area (Å²) < 4.78 is 29.6. The van der Waals surface area contributed by atoms with E-state index in [0.717, 1.165) is 18.4 Å². The zero-order valence-electron chi connectivity index (χ0n) is 21.6. The molecule has 6 rings (SSSR count). The molecule has 1 fully saturated rings. The van der Waals surface area contributed by atoms with Crippen LogP contribution in [0.25, 0.3) is 11.3 Å². The average molecular weight is 561 g/mol. The summed E-state index contributed by atoms with van der Waals surface area (Å²) in [6.07, 6.45) is 4.03. The lowest BCUT2D eigenvalue weighted by atomic mass is 10.0. The number of piperidine rings is 1. The van der Waals surface area contributed by atoms with Crippen molar-refractivity contribution >= 4 is 40.5 Å². The molecule has 0 saturated carbocycles. The predicted molar refractivity (Wildman–Crippen MR) is 152 cm³/mol. The van der Waals surface area contributed by atoms with Crippen molar-refractivity contribution in [1.29, 1.82) is 0 Å². The lowest BCUT2D eigenvalue weighted by molar-refractivity contribution is 0.0709. The number of rotatable bonds is 4. The van der Waals surface area contributed by atoms with Gasteiger partial charge in [0.15, 0.2) is 0 Å². The third-order valence-corrected chi connectivity index (χ3v) is 7.55. The number of nitrogens with zero attached hydrogens (tertiary/aromatic N) is 4. The first-order valence-electron chi connectivity index (χ1n) is 13.2. The van der Waals surface area contributed by atoms with Crippen molar-refractivity contribution in [3.63, 3.8) is 0 Å². The smallest absolute Gasteiger partial charge is 0.253 e. The van der Waals surface area contributed by atoms with Crippen molar-refractivity contribution in [2.45, 2.75) is 25.3 Å². The largest absolute Gasteiger partial charge is 0.337 e. The second-order valence-corrected chi connectivity index (χ2v) is 10.5. The van der Waals surface area contributed by atoms with Gasteiger partial charge in [0.2, 0.25) is 5.95 Å². The number of carbonyl (C=O) groups is 1. The van der Waals surface area contributed by atoms with Crippen LogP contribution in [0, 0.1) is 11.6 Å². The molecule has 4 aromatic rings. The van der Waals surface area contributed by atoms with E-state index in [4.69, 9.17) is 22.3 Å². The highest BCUT2D eigenvalue weighted by molar-refractivity contribution is 6.31. The number of halogens is 3. The van der Waals surface area contributed by atoms with E-state index in [1.54, 1.807) is 46.3 Å². The molecule has 2 aliphatic rings. The van der Waals surface area contributed by atoms with Crippen molar-refractivity contribution in [2.75, 3.05) is 29.9 Å². The molecule has 3 heterocycles. The zero-order valence-corrected chi connectivity index (χ0v) is 22.3. The van der Waals surface area contributed by atoms with E-state index < -0.39 is 11.6 Å². The monoisotopic (exact) mass is 560 g/mol. The van der Waals surface area contributed by atoms with Crippen molar-refractivity contribution in [3.8, 4) is 11.3 Å². The minimum absolute atomic E-state index is 0.0166. The Kier molecular flexibility index (Phi) is 7.08. The number of amides is 1. The standard InChI is InChI=1S/C30H27ClF2N6O/c31-20-8-11-23-26(15-20)39(28-24(32)4-1-5-25(28)33)14-12-19-16-35-30(37-27(19)23)36-22-9-6-18(7-10-22)29(40)38-13-2-3-21(34)17-38/h1,4-11,15-16,21H,2-3,12-14,17,34H2,(H,35,36,37). The van der Waals surface area contributed by atoms with Crippen LogP contribution in [0.4, 0.5) is 31.8 Å². The van der Waals surface area contributed by atoms with Gasteiger partial charge in [-0.3, -0.25) is 4.79 Å². The number of carbonyl (C=O) groups excluding carboxylic acids is 1. The highest BCUT2D eigenvalue weighted by atomic mass is 35.5. The maximum absolute atomic E-state index is 14.8. The van der Waals surface area contributed by atoms with E-state index in [1.807, 2.05) is 12.1 Å². The third kappa shape index (κ3) is 5.10. The normalized spacial score (nSPS) is 16.6. The van der Waals surface area contributed by atoms with Gasteiger partial charge >= 0.3 is 0 Å². The molecule has 1 aromatic heterocycles. The summed E-state index contributed by atoms with van der Waals surface area (Å²) in [4.78, 5) is 25.6. The third-order valence-electron chi connectivity index (χ3n) is 7.32. The SMILES string of the molecule is NC1CCCN(C(=O)c2ccc(Nc3ncc4c(n3)-c3ccc(Cl)cc3N(c3c(F)cccc3F)CC4)cc2)C1. The molecule has 10 heteroatoms. The fourth-order valence-corrected chi connectivity index (χ4v) is 5.51. The van der Waals surface area contributed by atoms with Gasteiger partial charge in [-0.2, -0.15) is 0 Å². The maximum atomic E-state index is 14.8. The van der Waals surface area contributed by atoms with Crippen LogP contribution in [0.15, 0.2) is 66.9 Å². The van der Waals surface area contributed by atoms with Gasteiger partial charge in [-0.05, 0) is 79.4 Å². The number of hydrogen-bond acceptors (Lipinski definition) is 6. The molecule has 0 radical (unpaired) electrons. The van der Waals surface area contributed by atoms with Crippen LogP contribution in [-0.2, 0) is 6.42 Å². The van der Waals surface area contributed by atoms with Crippen LogP contribution < -0.4 is 16.0 Å². The van der Waals surface area contributed by atoms with Crippen LogP contribution in [0.2, 0.25) is 5.02 Å². The summed E-state index contributed by atoms with van der Waals surface area (Å²) in [7, 11) is 0. The molecule has 3 aromatic carbocycles. The van der Waals surface area contributed by atoms with E-state index in [2.05, 4.69) is 10.3 Å². The van der Waals surface area contributed by atoms with Gasteiger partial charge in [0.1, 0.15) is 17.3 Å². The highest BCUT2D eigenvalue weighted by Gasteiger charge is 2.27. The molecule has 1 amide bonds. The number of fused-ring (bicyclic) bond motifs is 3. The van der Waals surface area contributed by atoms with E-state index in [-0.39, 0.29) is 17.6 Å². The number of benzene rings is 3.